The molecule has 0 bridgehead atoms. The van der Waals surface area contributed by atoms with Gasteiger partial charge >= 0.3 is 5.92 Å². The second-order valence-electron chi connectivity index (χ2n) is 2.94. The minimum Gasteiger partial charge on any atom is -0.496 e. The molecule has 0 saturated heterocycles. The van der Waals surface area contributed by atoms with E-state index in [-0.39, 0.29) is 12.0 Å². The van der Waals surface area contributed by atoms with Gasteiger partial charge in [0.05, 0.1) is 12.7 Å². The van der Waals surface area contributed by atoms with Crippen LogP contribution in [0.3, 0.4) is 0 Å². The van der Waals surface area contributed by atoms with Crippen molar-refractivity contribution in [3.63, 3.8) is 0 Å². The first kappa shape index (κ1) is 10.6. The molecule has 0 radical (unpaired) electrons. The molecule has 0 aliphatic heterocycles. The van der Waals surface area contributed by atoms with Crippen molar-refractivity contribution < 1.29 is 18.3 Å². The maximum absolute atomic E-state index is 13.1. The van der Waals surface area contributed by atoms with Gasteiger partial charge in [0.15, 0.2) is 6.29 Å². The number of methoxy groups -OCH3 is 1. The molecular weight excluding hydrogens is 190 g/mol. The Morgan fingerprint density at radius 1 is 1.43 bits per heavy atom. The van der Waals surface area contributed by atoms with Gasteiger partial charge in [-0.15, -0.1) is 0 Å². The van der Waals surface area contributed by atoms with Crippen molar-refractivity contribution in [3.05, 3.63) is 29.3 Å². The molecule has 1 rings (SSSR count). The van der Waals surface area contributed by atoms with E-state index in [2.05, 4.69) is 0 Å². The number of rotatable bonds is 3. The van der Waals surface area contributed by atoms with Crippen LogP contribution in [0.15, 0.2) is 18.2 Å². The van der Waals surface area contributed by atoms with Gasteiger partial charge in [-0.05, 0) is 19.1 Å². The minimum atomic E-state index is -3.49. The average Bonchev–Trinajstić information content (AvgIpc) is 2.18. The summed E-state index contributed by atoms with van der Waals surface area (Å²) in [6, 6.07) is 4.30. The fraction of sp³-hybridized carbons (Fsp3) is 0.300. The number of carbonyl (C=O) groups excluding carboxylic acids is 1. The molecule has 1 aromatic carbocycles. The smallest absolute Gasteiger partial charge is 0.331 e. The topological polar surface area (TPSA) is 26.3 Å². The van der Waals surface area contributed by atoms with Gasteiger partial charge in [-0.3, -0.25) is 4.79 Å². The van der Waals surface area contributed by atoms with Gasteiger partial charge in [-0.1, -0.05) is 11.6 Å². The number of aryl methyl sites for hydroxylation is 1. The Bertz CT molecular complexity index is 348. The zero-order chi connectivity index (χ0) is 10.8. The van der Waals surface area contributed by atoms with Gasteiger partial charge in [-0.2, -0.15) is 8.78 Å². The van der Waals surface area contributed by atoms with Crippen molar-refractivity contribution in [1.29, 1.82) is 0 Å². The highest BCUT2D eigenvalue weighted by Gasteiger charge is 2.34. The summed E-state index contributed by atoms with van der Waals surface area (Å²) in [4.78, 5) is 10.2. The van der Waals surface area contributed by atoms with Crippen LogP contribution in [0.4, 0.5) is 8.78 Å². The van der Waals surface area contributed by atoms with Crippen molar-refractivity contribution in [2.24, 2.45) is 0 Å². The number of halogens is 2. The Morgan fingerprint density at radius 3 is 2.57 bits per heavy atom. The van der Waals surface area contributed by atoms with Gasteiger partial charge in [0, 0.05) is 0 Å². The standard InChI is InChI=1S/C10H10F2O2/c1-7-3-4-9(14-2)8(5-7)10(11,12)6-13/h3-6H,1-2H3. The third-order valence-electron chi connectivity index (χ3n) is 1.86. The number of alkyl halides is 2. The first-order valence-electron chi connectivity index (χ1n) is 4.00. The Morgan fingerprint density at radius 2 is 2.07 bits per heavy atom. The summed E-state index contributed by atoms with van der Waals surface area (Å²) in [6.45, 7) is 1.67. The molecule has 14 heavy (non-hydrogen) atoms. The summed E-state index contributed by atoms with van der Waals surface area (Å²) in [6.07, 6.45) is -0.385. The van der Waals surface area contributed by atoms with Crippen molar-refractivity contribution in [1.82, 2.24) is 0 Å². The lowest BCUT2D eigenvalue weighted by Gasteiger charge is -2.14. The number of aldehydes is 1. The van der Waals surface area contributed by atoms with E-state index >= 15 is 0 Å². The second-order valence-corrected chi connectivity index (χ2v) is 2.94. The molecule has 1 aromatic rings. The van der Waals surface area contributed by atoms with Crippen LogP contribution in [0, 0.1) is 6.92 Å². The maximum atomic E-state index is 13.1. The molecular formula is C10H10F2O2. The Kier molecular flexibility index (Phi) is 2.84. The zero-order valence-corrected chi connectivity index (χ0v) is 7.88. The van der Waals surface area contributed by atoms with Crippen LogP contribution in [0.25, 0.3) is 0 Å². The molecule has 0 aromatic heterocycles. The van der Waals surface area contributed by atoms with Crippen LogP contribution in [0.2, 0.25) is 0 Å². The molecule has 0 N–H and O–H groups in total. The average molecular weight is 200 g/mol. The lowest BCUT2D eigenvalue weighted by Crippen LogP contribution is -2.16. The van der Waals surface area contributed by atoms with E-state index in [1.54, 1.807) is 13.0 Å². The van der Waals surface area contributed by atoms with Crippen LogP contribution in [-0.4, -0.2) is 13.4 Å². The van der Waals surface area contributed by atoms with E-state index in [9.17, 15) is 13.6 Å². The fourth-order valence-electron chi connectivity index (χ4n) is 1.15. The lowest BCUT2D eigenvalue weighted by atomic mass is 10.1. The normalized spacial score (nSPS) is 11.1. The molecule has 0 atom stereocenters. The number of benzene rings is 1. The monoisotopic (exact) mass is 200 g/mol. The molecule has 0 spiro atoms. The highest BCUT2D eigenvalue weighted by Crippen LogP contribution is 2.33. The third-order valence-corrected chi connectivity index (χ3v) is 1.86. The maximum Gasteiger partial charge on any atom is 0.331 e. The van der Waals surface area contributed by atoms with E-state index < -0.39 is 11.5 Å². The van der Waals surface area contributed by atoms with Gasteiger partial charge in [-0.25, -0.2) is 0 Å². The molecule has 76 valence electrons. The summed E-state index contributed by atoms with van der Waals surface area (Å²) in [5.74, 6) is -3.47. The van der Waals surface area contributed by atoms with Crippen LogP contribution < -0.4 is 4.74 Å². The fourth-order valence-corrected chi connectivity index (χ4v) is 1.15. The molecule has 0 fully saturated rings. The van der Waals surface area contributed by atoms with Crippen molar-refractivity contribution in [2.45, 2.75) is 12.8 Å². The third kappa shape index (κ3) is 1.89. The summed E-state index contributed by atoms with van der Waals surface area (Å²) in [5.41, 5.74) is 0.261. The predicted molar refractivity (Wildman–Crippen MR) is 47.7 cm³/mol. The van der Waals surface area contributed by atoms with Gasteiger partial charge in [0.25, 0.3) is 0 Å². The Balaban J connectivity index is 3.30. The molecule has 0 heterocycles. The molecule has 0 amide bonds. The first-order valence-corrected chi connectivity index (χ1v) is 4.00. The van der Waals surface area contributed by atoms with Gasteiger partial charge in [0.2, 0.25) is 0 Å². The van der Waals surface area contributed by atoms with E-state index in [0.29, 0.717) is 5.56 Å². The van der Waals surface area contributed by atoms with Crippen LogP contribution in [0.1, 0.15) is 11.1 Å². The highest BCUT2D eigenvalue weighted by molar-refractivity contribution is 5.66. The Hall–Kier alpha value is -1.45. The highest BCUT2D eigenvalue weighted by atomic mass is 19.3. The van der Waals surface area contributed by atoms with Gasteiger partial charge < -0.3 is 4.74 Å². The van der Waals surface area contributed by atoms with Crippen molar-refractivity contribution in [2.75, 3.05) is 7.11 Å². The van der Waals surface area contributed by atoms with E-state index in [4.69, 9.17) is 4.74 Å². The van der Waals surface area contributed by atoms with E-state index in [1.807, 2.05) is 0 Å². The largest absolute Gasteiger partial charge is 0.496 e. The SMILES string of the molecule is COc1ccc(C)cc1C(F)(F)C=O. The van der Waals surface area contributed by atoms with Crippen molar-refractivity contribution >= 4 is 6.29 Å². The van der Waals surface area contributed by atoms with Crippen molar-refractivity contribution in [3.8, 4) is 5.75 Å². The molecule has 0 saturated carbocycles. The summed E-state index contributed by atoms with van der Waals surface area (Å²) >= 11 is 0. The lowest BCUT2D eigenvalue weighted by molar-refractivity contribution is -0.130. The molecule has 2 nitrogen and oxygen atoms in total. The Labute approximate surface area is 80.5 Å². The summed E-state index contributed by atoms with van der Waals surface area (Å²) in [5, 5.41) is 0. The summed E-state index contributed by atoms with van der Waals surface area (Å²) in [7, 11) is 1.29. The summed E-state index contributed by atoms with van der Waals surface area (Å²) < 4.78 is 30.9. The predicted octanol–water partition coefficient (Wildman–Crippen LogP) is 2.29. The molecule has 0 aliphatic carbocycles. The quantitative estimate of drug-likeness (QED) is 0.700. The van der Waals surface area contributed by atoms with Crippen LogP contribution in [-0.2, 0) is 10.7 Å². The van der Waals surface area contributed by atoms with E-state index in [1.165, 1.54) is 19.2 Å². The number of ether oxygens (including phenoxy) is 1. The van der Waals surface area contributed by atoms with E-state index in [0.717, 1.165) is 0 Å². The molecule has 0 unspecified atom stereocenters. The van der Waals surface area contributed by atoms with Gasteiger partial charge in [0.1, 0.15) is 5.75 Å². The zero-order valence-electron chi connectivity index (χ0n) is 7.88. The molecule has 0 aliphatic rings. The minimum absolute atomic E-state index is 0.0210. The second kappa shape index (κ2) is 3.74. The molecule has 4 heteroatoms. The van der Waals surface area contributed by atoms with Crippen LogP contribution in [0.5, 0.6) is 5.75 Å². The first-order chi connectivity index (χ1) is 6.51. The number of hydrogen-bond acceptors (Lipinski definition) is 2. The van der Waals surface area contributed by atoms with Crippen LogP contribution >= 0.6 is 0 Å². The number of carbonyl (C=O) groups is 1. The number of hydrogen-bond donors (Lipinski definition) is 0.